The van der Waals surface area contributed by atoms with Crippen molar-refractivity contribution in [2.24, 2.45) is 5.73 Å². The van der Waals surface area contributed by atoms with Gasteiger partial charge < -0.3 is 16.0 Å². The van der Waals surface area contributed by atoms with E-state index in [1.165, 1.54) is 0 Å². The molecule has 130 valence electrons. The second-order valence-electron chi connectivity index (χ2n) is 6.36. The zero-order valence-electron chi connectivity index (χ0n) is 14.3. The lowest BCUT2D eigenvalue weighted by atomic mass is 10.0. The van der Waals surface area contributed by atoms with Crippen LogP contribution >= 0.6 is 0 Å². The zero-order chi connectivity index (χ0) is 17.8. The number of nitrogens with one attached hydrogen (secondary N) is 1. The molecule has 2 atom stereocenters. The Morgan fingerprint density at radius 3 is 2.52 bits per heavy atom. The van der Waals surface area contributed by atoms with Gasteiger partial charge in [-0.2, -0.15) is 0 Å². The maximum absolute atomic E-state index is 12.4. The lowest BCUT2D eigenvalue weighted by molar-refractivity contribution is -0.123. The molecule has 1 aliphatic heterocycles. The van der Waals surface area contributed by atoms with Gasteiger partial charge in [0.05, 0.1) is 6.04 Å². The molecule has 2 amide bonds. The Labute approximate surface area is 147 Å². The fourth-order valence-corrected chi connectivity index (χ4v) is 3.08. The average Bonchev–Trinajstić information content (AvgIpc) is 3.07. The van der Waals surface area contributed by atoms with E-state index >= 15 is 0 Å². The minimum Gasteiger partial charge on any atom is -0.348 e. The van der Waals surface area contributed by atoms with Crippen LogP contribution < -0.4 is 16.0 Å². The van der Waals surface area contributed by atoms with Gasteiger partial charge in [0.15, 0.2) is 0 Å². The van der Waals surface area contributed by atoms with Gasteiger partial charge in [0, 0.05) is 18.7 Å². The van der Waals surface area contributed by atoms with Gasteiger partial charge >= 0.3 is 0 Å². The molecule has 2 aromatic carbocycles. The first kappa shape index (κ1) is 17.2. The summed E-state index contributed by atoms with van der Waals surface area (Å²) >= 11 is 0. The first-order valence-electron chi connectivity index (χ1n) is 8.57. The number of hydrogen-bond acceptors (Lipinski definition) is 3. The van der Waals surface area contributed by atoms with Gasteiger partial charge in [0.1, 0.15) is 6.04 Å². The monoisotopic (exact) mass is 337 g/mol. The molecule has 0 aliphatic carbocycles. The Hall–Kier alpha value is -2.66. The first-order chi connectivity index (χ1) is 12.1. The van der Waals surface area contributed by atoms with Crippen LogP contribution in [0, 0.1) is 0 Å². The zero-order valence-corrected chi connectivity index (χ0v) is 14.3. The molecule has 2 aromatic rings. The minimum absolute atomic E-state index is 0.153. The SMILES string of the molecule is CC(NC(=O)C(N)c1ccccc1)c1cccc(N2CCCC2=O)c1. The Morgan fingerprint density at radius 1 is 1.12 bits per heavy atom. The fraction of sp³-hybridized carbons (Fsp3) is 0.300. The summed E-state index contributed by atoms with van der Waals surface area (Å²) in [6, 6.07) is 16.2. The molecule has 5 nitrogen and oxygen atoms in total. The van der Waals surface area contributed by atoms with E-state index in [0.717, 1.165) is 29.8 Å². The maximum atomic E-state index is 12.4. The number of hydrogen-bond donors (Lipinski definition) is 2. The summed E-state index contributed by atoms with van der Waals surface area (Å²) in [5.74, 6) is -0.0682. The molecule has 0 saturated carbocycles. The summed E-state index contributed by atoms with van der Waals surface area (Å²) in [4.78, 5) is 26.1. The Morgan fingerprint density at radius 2 is 1.84 bits per heavy atom. The number of anilines is 1. The van der Waals surface area contributed by atoms with Crippen LogP contribution in [0.5, 0.6) is 0 Å². The van der Waals surface area contributed by atoms with Crippen LogP contribution in [0.25, 0.3) is 0 Å². The second kappa shape index (κ2) is 7.49. The van der Waals surface area contributed by atoms with Gasteiger partial charge in [-0.25, -0.2) is 0 Å². The highest BCUT2D eigenvalue weighted by Crippen LogP contribution is 2.25. The summed E-state index contributed by atoms with van der Waals surface area (Å²) in [7, 11) is 0. The number of benzene rings is 2. The van der Waals surface area contributed by atoms with Crippen molar-refractivity contribution in [3.05, 3.63) is 65.7 Å². The van der Waals surface area contributed by atoms with Crippen LogP contribution in [0.1, 0.15) is 43.0 Å². The van der Waals surface area contributed by atoms with E-state index in [4.69, 9.17) is 5.73 Å². The molecule has 2 unspecified atom stereocenters. The fourth-order valence-electron chi connectivity index (χ4n) is 3.08. The highest BCUT2D eigenvalue weighted by Gasteiger charge is 2.23. The number of nitrogens with two attached hydrogens (primary N) is 1. The number of rotatable bonds is 5. The lowest BCUT2D eigenvalue weighted by Gasteiger charge is -2.21. The first-order valence-corrected chi connectivity index (χ1v) is 8.57. The molecule has 0 bridgehead atoms. The number of carbonyl (C=O) groups excluding carboxylic acids is 2. The van der Waals surface area contributed by atoms with Crippen LogP contribution in [0.3, 0.4) is 0 Å². The van der Waals surface area contributed by atoms with Gasteiger partial charge in [-0.3, -0.25) is 9.59 Å². The van der Waals surface area contributed by atoms with E-state index in [9.17, 15) is 9.59 Å². The van der Waals surface area contributed by atoms with Crippen molar-refractivity contribution < 1.29 is 9.59 Å². The Balaban J connectivity index is 1.70. The Bertz CT molecular complexity index is 761. The molecule has 1 saturated heterocycles. The van der Waals surface area contributed by atoms with Gasteiger partial charge in [-0.15, -0.1) is 0 Å². The molecule has 1 fully saturated rings. The molecule has 3 N–H and O–H groups in total. The van der Waals surface area contributed by atoms with E-state index in [2.05, 4.69) is 5.32 Å². The average molecular weight is 337 g/mol. The second-order valence-corrected chi connectivity index (χ2v) is 6.36. The van der Waals surface area contributed by atoms with Gasteiger partial charge in [-0.1, -0.05) is 42.5 Å². The molecule has 1 heterocycles. The maximum Gasteiger partial charge on any atom is 0.241 e. The third kappa shape index (κ3) is 3.88. The highest BCUT2D eigenvalue weighted by molar-refractivity contribution is 5.95. The third-order valence-electron chi connectivity index (χ3n) is 4.56. The molecule has 0 spiro atoms. The quantitative estimate of drug-likeness (QED) is 0.881. The van der Waals surface area contributed by atoms with Crippen molar-refractivity contribution in [2.45, 2.75) is 31.8 Å². The van der Waals surface area contributed by atoms with E-state index in [0.29, 0.717) is 6.42 Å². The summed E-state index contributed by atoms with van der Waals surface area (Å²) in [5.41, 5.74) is 8.66. The molecular weight excluding hydrogens is 314 g/mol. The van der Waals surface area contributed by atoms with Gasteiger partial charge in [0.25, 0.3) is 0 Å². The molecule has 0 radical (unpaired) electrons. The van der Waals surface area contributed by atoms with Crippen LogP contribution in [0.4, 0.5) is 5.69 Å². The van der Waals surface area contributed by atoms with Gasteiger partial charge in [-0.05, 0) is 36.6 Å². The van der Waals surface area contributed by atoms with Crippen molar-refractivity contribution in [2.75, 3.05) is 11.4 Å². The number of nitrogens with zero attached hydrogens (tertiary/aromatic N) is 1. The normalized spacial score (nSPS) is 16.6. The third-order valence-corrected chi connectivity index (χ3v) is 4.56. The summed E-state index contributed by atoms with van der Waals surface area (Å²) in [5, 5.41) is 2.96. The van der Waals surface area contributed by atoms with Crippen LogP contribution in [-0.2, 0) is 9.59 Å². The predicted octanol–water partition coefficient (Wildman–Crippen LogP) is 2.69. The lowest BCUT2D eigenvalue weighted by Crippen LogP contribution is -2.35. The van der Waals surface area contributed by atoms with Crippen molar-refractivity contribution >= 4 is 17.5 Å². The smallest absolute Gasteiger partial charge is 0.241 e. The predicted molar refractivity (Wildman–Crippen MR) is 98.0 cm³/mol. The standard InChI is InChI=1S/C20H23N3O2/c1-14(22-20(25)19(21)15-7-3-2-4-8-15)16-9-5-10-17(13-16)23-12-6-11-18(23)24/h2-5,7-10,13-14,19H,6,11-12,21H2,1H3,(H,22,25). The molecular formula is C20H23N3O2. The molecule has 0 aromatic heterocycles. The summed E-state index contributed by atoms with van der Waals surface area (Å²) in [6.07, 6.45) is 1.49. The molecule has 25 heavy (non-hydrogen) atoms. The van der Waals surface area contributed by atoms with E-state index < -0.39 is 6.04 Å². The van der Waals surface area contributed by atoms with Crippen molar-refractivity contribution in [1.82, 2.24) is 5.32 Å². The molecule has 3 rings (SSSR count). The van der Waals surface area contributed by atoms with E-state index in [1.54, 1.807) is 4.90 Å². The van der Waals surface area contributed by atoms with Gasteiger partial charge in [0.2, 0.25) is 11.8 Å². The topological polar surface area (TPSA) is 75.4 Å². The van der Waals surface area contributed by atoms with Crippen LogP contribution in [0.15, 0.2) is 54.6 Å². The molecule has 1 aliphatic rings. The minimum atomic E-state index is -0.702. The van der Waals surface area contributed by atoms with Crippen LogP contribution in [-0.4, -0.2) is 18.4 Å². The largest absolute Gasteiger partial charge is 0.348 e. The van der Waals surface area contributed by atoms with E-state index in [1.807, 2.05) is 61.5 Å². The van der Waals surface area contributed by atoms with Crippen LogP contribution in [0.2, 0.25) is 0 Å². The van der Waals surface area contributed by atoms with Crippen molar-refractivity contribution in [1.29, 1.82) is 0 Å². The number of carbonyl (C=O) groups is 2. The van der Waals surface area contributed by atoms with Crippen molar-refractivity contribution in [3.63, 3.8) is 0 Å². The summed E-state index contributed by atoms with van der Waals surface area (Å²) < 4.78 is 0. The Kier molecular flexibility index (Phi) is 5.14. The van der Waals surface area contributed by atoms with E-state index in [-0.39, 0.29) is 17.9 Å². The highest BCUT2D eigenvalue weighted by atomic mass is 16.2. The summed E-state index contributed by atoms with van der Waals surface area (Å²) in [6.45, 7) is 2.67. The number of amides is 2. The van der Waals surface area contributed by atoms with Crippen molar-refractivity contribution in [3.8, 4) is 0 Å². The molecule has 5 heteroatoms.